The van der Waals surface area contributed by atoms with Crippen LogP contribution in [0.2, 0.25) is 0 Å². The minimum atomic E-state index is -0.175. The molecule has 3 rings (SSSR count). The topological polar surface area (TPSA) is 30.5 Å². The van der Waals surface area contributed by atoms with Gasteiger partial charge in [-0.2, -0.15) is 0 Å². The molecule has 1 aromatic carbocycles. The molecule has 1 N–H and O–H groups in total. The highest BCUT2D eigenvalue weighted by molar-refractivity contribution is 14.1. The zero-order valence-electron chi connectivity index (χ0n) is 12.2. The second-order valence-corrected chi connectivity index (χ2v) is 7.18. The average molecular weight is 405 g/mol. The van der Waals surface area contributed by atoms with Crippen molar-refractivity contribution < 1.29 is 13.9 Å². The fraction of sp³-hybridized carbons (Fsp3) is 0.625. The Labute approximate surface area is 138 Å². The largest absolute Gasteiger partial charge is 0.378 e. The van der Waals surface area contributed by atoms with E-state index in [9.17, 15) is 4.39 Å². The van der Waals surface area contributed by atoms with Crippen molar-refractivity contribution in [2.45, 2.75) is 30.9 Å². The summed E-state index contributed by atoms with van der Waals surface area (Å²) in [6.45, 7) is 2.29. The van der Waals surface area contributed by atoms with Crippen LogP contribution in [0.1, 0.15) is 30.9 Å². The van der Waals surface area contributed by atoms with Crippen molar-refractivity contribution >= 4 is 22.6 Å². The molecule has 3 nitrogen and oxygen atoms in total. The van der Waals surface area contributed by atoms with Gasteiger partial charge in [-0.1, -0.05) is 6.07 Å². The second kappa shape index (κ2) is 6.48. The molecule has 2 heterocycles. The van der Waals surface area contributed by atoms with Gasteiger partial charge in [0.2, 0.25) is 0 Å². The Morgan fingerprint density at radius 1 is 1.43 bits per heavy atom. The first-order valence-electron chi connectivity index (χ1n) is 7.47. The predicted molar refractivity (Wildman–Crippen MR) is 87.8 cm³/mol. The normalized spacial score (nSPS) is 30.7. The molecule has 0 amide bonds. The van der Waals surface area contributed by atoms with E-state index in [1.807, 2.05) is 13.1 Å². The van der Waals surface area contributed by atoms with E-state index in [0.29, 0.717) is 12.5 Å². The quantitative estimate of drug-likeness (QED) is 0.784. The van der Waals surface area contributed by atoms with E-state index in [1.54, 1.807) is 12.1 Å². The number of halogens is 2. The van der Waals surface area contributed by atoms with Crippen molar-refractivity contribution in [2.75, 3.05) is 26.9 Å². The molecule has 0 saturated carbocycles. The Hall–Kier alpha value is -0.240. The molecule has 2 aliphatic heterocycles. The molecular formula is C16H21FINO2. The number of benzene rings is 1. The third-order valence-corrected chi connectivity index (χ3v) is 5.61. The van der Waals surface area contributed by atoms with E-state index in [4.69, 9.17) is 9.47 Å². The van der Waals surface area contributed by atoms with Crippen LogP contribution in [0.4, 0.5) is 4.39 Å². The molecule has 116 valence electrons. The molecule has 1 aromatic rings. The smallest absolute Gasteiger partial charge is 0.124 e. The summed E-state index contributed by atoms with van der Waals surface area (Å²) < 4.78 is 25.9. The standard InChI is InChI=1S/C16H21FINO2/c1-19-15(13-3-2-12(17)8-14(13)18)11-4-6-21-16(9-11)5-7-20-10-16/h2-3,8,11,15,19H,4-7,9-10H2,1H3. The number of rotatable bonds is 3. The van der Waals surface area contributed by atoms with Crippen molar-refractivity contribution in [3.8, 4) is 0 Å². The Morgan fingerprint density at radius 3 is 2.95 bits per heavy atom. The van der Waals surface area contributed by atoms with Gasteiger partial charge in [0.15, 0.2) is 0 Å². The summed E-state index contributed by atoms with van der Waals surface area (Å²) in [4.78, 5) is 0. The maximum atomic E-state index is 13.3. The zero-order valence-corrected chi connectivity index (χ0v) is 14.4. The summed E-state index contributed by atoms with van der Waals surface area (Å²) in [5, 5.41) is 3.43. The summed E-state index contributed by atoms with van der Waals surface area (Å²) in [5.41, 5.74) is 1.09. The van der Waals surface area contributed by atoms with E-state index < -0.39 is 0 Å². The Morgan fingerprint density at radius 2 is 2.29 bits per heavy atom. The molecule has 2 saturated heterocycles. The molecular weight excluding hydrogens is 384 g/mol. The van der Waals surface area contributed by atoms with Crippen LogP contribution in [0.3, 0.4) is 0 Å². The van der Waals surface area contributed by atoms with Crippen LogP contribution in [0.15, 0.2) is 18.2 Å². The van der Waals surface area contributed by atoms with Gasteiger partial charge < -0.3 is 14.8 Å². The van der Waals surface area contributed by atoms with E-state index in [1.165, 1.54) is 5.56 Å². The average Bonchev–Trinajstić information content (AvgIpc) is 2.90. The lowest BCUT2D eigenvalue weighted by Gasteiger charge is -2.40. The molecule has 3 atom stereocenters. The van der Waals surface area contributed by atoms with Gasteiger partial charge in [-0.05, 0) is 66.1 Å². The van der Waals surface area contributed by atoms with Gasteiger partial charge in [0, 0.05) is 29.2 Å². The lowest BCUT2D eigenvalue weighted by molar-refractivity contribution is -0.103. The molecule has 0 aliphatic carbocycles. The monoisotopic (exact) mass is 405 g/mol. The maximum absolute atomic E-state index is 13.3. The van der Waals surface area contributed by atoms with Crippen LogP contribution in [0.5, 0.6) is 0 Å². The minimum absolute atomic E-state index is 0.0938. The van der Waals surface area contributed by atoms with Crippen LogP contribution >= 0.6 is 22.6 Å². The van der Waals surface area contributed by atoms with Crippen LogP contribution in [-0.2, 0) is 9.47 Å². The first-order valence-corrected chi connectivity index (χ1v) is 8.55. The van der Waals surface area contributed by atoms with Crippen molar-refractivity contribution in [3.05, 3.63) is 33.1 Å². The molecule has 5 heteroatoms. The molecule has 3 unspecified atom stereocenters. The van der Waals surface area contributed by atoms with E-state index in [-0.39, 0.29) is 17.5 Å². The summed E-state index contributed by atoms with van der Waals surface area (Å²) in [6, 6.07) is 5.30. The first-order chi connectivity index (χ1) is 10.1. The first kappa shape index (κ1) is 15.6. The maximum Gasteiger partial charge on any atom is 0.124 e. The molecule has 2 fully saturated rings. The van der Waals surface area contributed by atoms with Crippen LogP contribution in [0.25, 0.3) is 0 Å². The van der Waals surface area contributed by atoms with E-state index in [0.717, 1.165) is 36.0 Å². The van der Waals surface area contributed by atoms with Gasteiger partial charge in [-0.25, -0.2) is 4.39 Å². The van der Waals surface area contributed by atoms with Gasteiger partial charge in [0.1, 0.15) is 5.82 Å². The number of nitrogens with one attached hydrogen (secondary N) is 1. The molecule has 0 bridgehead atoms. The van der Waals surface area contributed by atoms with Crippen molar-refractivity contribution in [3.63, 3.8) is 0 Å². The van der Waals surface area contributed by atoms with Crippen LogP contribution < -0.4 is 5.32 Å². The van der Waals surface area contributed by atoms with E-state index >= 15 is 0 Å². The molecule has 2 aliphatic rings. The lowest BCUT2D eigenvalue weighted by Crippen LogP contribution is -2.43. The highest BCUT2D eigenvalue weighted by atomic mass is 127. The van der Waals surface area contributed by atoms with Crippen molar-refractivity contribution in [1.82, 2.24) is 5.32 Å². The van der Waals surface area contributed by atoms with Crippen LogP contribution in [-0.4, -0.2) is 32.5 Å². The fourth-order valence-electron chi connectivity index (χ4n) is 3.61. The summed E-state index contributed by atoms with van der Waals surface area (Å²) >= 11 is 2.22. The molecule has 21 heavy (non-hydrogen) atoms. The summed E-state index contributed by atoms with van der Waals surface area (Å²) in [5.74, 6) is 0.315. The molecule has 1 spiro atoms. The van der Waals surface area contributed by atoms with E-state index in [2.05, 4.69) is 27.9 Å². The zero-order chi connectivity index (χ0) is 14.9. The van der Waals surface area contributed by atoms with Gasteiger partial charge in [-0.3, -0.25) is 0 Å². The number of ether oxygens (including phenoxy) is 2. The molecule has 0 radical (unpaired) electrons. The van der Waals surface area contributed by atoms with Crippen LogP contribution in [0, 0.1) is 15.3 Å². The fourth-order valence-corrected chi connectivity index (χ4v) is 4.43. The minimum Gasteiger partial charge on any atom is -0.378 e. The highest BCUT2D eigenvalue weighted by Crippen LogP contribution is 2.41. The summed E-state index contributed by atoms with van der Waals surface area (Å²) in [7, 11) is 1.98. The van der Waals surface area contributed by atoms with Gasteiger partial charge in [0.25, 0.3) is 0 Å². The highest BCUT2D eigenvalue weighted by Gasteiger charge is 2.43. The van der Waals surface area contributed by atoms with Gasteiger partial charge >= 0.3 is 0 Å². The van der Waals surface area contributed by atoms with Gasteiger partial charge in [-0.15, -0.1) is 0 Å². The lowest BCUT2D eigenvalue weighted by atomic mass is 9.79. The van der Waals surface area contributed by atoms with Crippen molar-refractivity contribution in [1.29, 1.82) is 0 Å². The third kappa shape index (κ3) is 3.25. The Bertz CT molecular complexity index is 505. The van der Waals surface area contributed by atoms with Gasteiger partial charge in [0.05, 0.1) is 12.2 Å². The van der Waals surface area contributed by atoms with Crippen molar-refractivity contribution in [2.24, 2.45) is 5.92 Å². The third-order valence-electron chi connectivity index (χ3n) is 4.68. The second-order valence-electron chi connectivity index (χ2n) is 6.02. The number of hydrogen-bond acceptors (Lipinski definition) is 3. The SMILES string of the molecule is CNC(c1ccc(F)cc1I)C1CCOC2(CCOC2)C1. The summed E-state index contributed by atoms with van der Waals surface area (Å²) in [6.07, 6.45) is 3.02. The molecule has 0 aromatic heterocycles. The predicted octanol–water partition coefficient (Wildman–Crippen LogP) is 3.28. The number of hydrogen-bond donors (Lipinski definition) is 1. The Balaban J connectivity index is 1.82. The Kier molecular flexibility index (Phi) is 4.83.